The predicted molar refractivity (Wildman–Crippen MR) is 144 cm³/mol. The van der Waals surface area contributed by atoms with E-state index in [2.05, 4.69) is 20.8 Å². The van der Waals surface area contributed by atoms with Gasteiger partial charge < -0.3 is 47.4 Å². The van der Waals surface area contributed by atoms with Gasteiger partial charge in [0.15, 0.2) is 0 Å². The van der Waals surface area contributed by atoms with Crippen molar-refractivity contribution in [1.82, 2.24) is 0 Å². The number of methoxy groups -OCH3 is 3. The minimum Gasteiger partial charge on any atom is -0.491 e. The maximum Gasteiger partial charge on any atom is 0.125 e. The molecule has 0 radical (unpaired) electrons. The van der Waals surface area contributed by atoms with E-state index in [0.29, 0.717) is 106 Å². The largest absolute Gasteiger partial charge is 0.491 e. The molecule has 10 nitrogen and oxygen atoms in total. The van der Waals surface area contributed by atoms with Crippen molar-refractivity contribution in [3.8, 4) is 5.75 Å². The maximum absolute atomic E-state index is 6.11. The van der Waals surface area contributed by atoms with Crippen molar-refractivity contribution in [2.45, 2.75) is 34.0 Å². The highest BCUT2D eigenvalue weighted by molar-refractivity contribution is 5.54. The molecule has 0 aliphatic carbocycles. The molecule has 0 aliphatic rings. The molecule has 0 heterocycles. The van der Waals surface area contributed by atoms with Gasteiger partial charge in [-0.1, -0.05) is 0 Å². The average Bonchev–Trinajstić information content (AvgIpc) is 2.91. The Balaban J connectivity index is 2.03. The zero-order valence-corrected chi connectivity index (χ0v) is 24.4. The smallest absolute Gasteiger partial charge is 0.125 e. The Morgan fingerprint density at radius 1 is 0.368 bits per heavy atom. The monoisotopic (exact) mass is 546 g/mol. The molecule has 0 amide bonds. The van der Waals surface area contributed by atoms with Gasteiger partial charge in [0.1, 0.15) is 12.4 Å². The standard InChI is InChI=1S/C28H50O10/c1-23-26(21-30-5)24(2)28(25(3)27(23)22-31-6)38-20-19-37-18-17-36-16-15-35-14-13-34-12-11-33-10-9-32-8-7-29-4/h7-22H2,1-6H3. The van der Waals surface area contributed by atoms with Crippen LogP contribution in [0, 0.1) is 20.8 Å². The third-order valence-electron chi connectivity index (χ3n) is 5.84. The first-order chi connectivity index (χ1) is 18.6. The van der Waals surface area contributed by atoms with Gasteiger partial charge in [0.05, 0.1) is 99.1 Å². The van der Waals surface area contributed by atoms with Crippen LogP contribution in [-0.4, -0.2) is 114 Å². The van der Waals surface area contributed by atoms with Crippen molar-refractivity contribution in [1.29, 1.82) is 0 Å². The fourth-order valence-electron chi connectivity index (χ4n) is 3.78. The Labute approximate surface area is 229 Å². The highest BCUT2D eigenvalue weighted by atomic mass is 16.6. The molecular formula is C28H50O10. The first-order valence-corrected chi connectivity index (χ1v) is 13.3. The molecule has 1 aromatic carbocycles. The van der Waals surface area contributed by atoms with Crippen molar-refractivity contribution >= 4 is 0 Å². The van der Waals surface area contributed by atoms with Crippen LogP contribution in [0.15, 0.2) is 0 Å². The molecule has 0 atom stereocenters. The fourth-order valence-corrected chi connectivity index (χ4v) is 3.78. The zero-order chi connectivity index (χ0) is 27.8. The van der Waals surface area contributed by atoms with Gasteiger partial charge in [-0.2, -0.15) is 0 Å². The molecule has 0 spiro atoms. The van der Waals surface area contributed by atoms with Crippen LogP contribution in [0.25, 0.3) is 0 Å². The molecule has 0 N–H and O–H groups in total. The van der Waals surface area contributed by atoms with E-state index >= 15 is 0 Å². The summed E-state index contributed by atoms with van der Waals surface area (Å²) in [7, 11) is 5.06. The van der Waals surface area contributed by atoms with Crippen LogP contribution in [0.5, 0.6) is 5.75 Å². The summed E-state index contributed by atoms with van der Waals surface area (Å²) >= 11 is 0. The van der Waals surface area contributed by atoms with Crippen LogP contribution in [0.3, 0.4) is 0 Å². The summed E-state index contributed by atoms with van der Waals surface area (Å²) in [6.45, 7) is 14.7. The van der Waals surface area contributed by atoms with Crippen molar-refractivity contribution in [3.05, 3.63) is 27.8 Å². The second kappa shape index (κ2) is 23.5. The minimum absolute atomic E-state index is 0.458. The fraction of sp³-hybridized carbons (Fsp3) is 0.786. The highest BCUT2D eigenvalue weighted by Crippen LogP contribution is 2.34. The Morgan fingerprint density at radius 3 is 1.00 bits per heavy atom. The molecule has 1 rings (SSSR count). The van der Waals surface area contributed by atoms with E-state index in [9.17, 15) is 0 Å². The predicted octanol–water partition coefficient (Wildman–Crippen LogP) is 3.03. The molecule has 0 aromatic heterocycles. The molecule has 0 unspecified atom stereocenters. The first-order valence-electron chi connectivity index (χ1n) is 13.3. The number of rotatable bonds is 26. The lowest BCUT2D eigenvalue weighted by Crippen LogP contribution is -2.15. The average molecular weight is 547 g/mol. The number of hydrogen-bond donors (Lipinski definition) is 0. The third kappa shape index (κ3) is 14.7. The Kier molecular flexibility index (Phi) is 21.5. The van der Waals surface area contributed by atoms with Gasteiger partial charge in [-0.05, 0) is 48.6 Å². The highest BCUT2D eigenvalue weighted by Gasteiger charge is 2.18. The topological polar surface area (TPSA) is 92.3 Å². The van der Waals surface area contributed by atoms with Gasteiger partial charge in [0.25, 0.3) is 0 Å². The minimum atomic E-state index is 0.458. The van der Waals surface area contributed by atoms with Gasteiger partial charge in [0.2, 0.25) is 0 Å². The Hall–Kier alpha value is -1.34. The molecule has 0 bridgehead atoms. The lowest BCUT2D eigenvalue weighted by atomic mass is 9.93. The molecule has 0 aliphatic heterocycles. The number of ether oxygens (including phenoxy) is 10. The van der Waals surface area contributed by atoms with Gasteiger partial charge in [-0.15, -0.1) is 0 Å². The van der Waals surface area contributed by atoms with E-state index in [-0.39, 0.29) is 0 Å². The van der Waals surface area contributed by atoms with E-state index in [4.69, 9.17) is 47.4 Å². The lowest BCUT2D eigenvalue weighted by Gasteiger charge is -2.22. The van der Waals surface area contributed by atoms with Crippen LogP contribution >= 0.6 is 0 Å². The molecule has 1 aromatic rings. The van der Waals surface area contributed by atoms with E-state index in [0.717, 1.165) is 28.0 Å². The van der Waals surface area contributed by atoms with Crippen LogP contribution in [0.2, 0.25) is 0 Å². The molecule has 10 heteroatoms. The van der Waals surface area contributed by atoms with Crippen molar-refractivity contribution in [3.63, 3.8) is 0 Å². The van der Waals surface area contributed by atoms with E-state index < -0.39 is 0 Å². The summed E-state index contributed by atoms with van der Waals surface area (Å²) in [6.07, 6.45) is 0. The number of hydrogen-bond acceptors (Lipinski definition) is 10. The van der Waals surface area contributed by atoms with Crippen molar-refractivity contribution < 1.29 is 47.4 Å². The molecule has 0 saturated heterocycles. The van der Waals surface area contributed by atoms with E-state index in [1.807, 2.05) is 0 Å². The Bertz CT molecular complexity index is 680. The quantitative estimate of drug-likeness (QED) is 0.162. The summed E-state index contributed by atoms with van der Waals surface area (Å²) in [5.41, 5.74) is 5.69. The summed E-state index contributed by atoms with van der Waals surface area (Å²) in [5.74, 6) is 0.881. The lowest BCUT2D eigenvalue weighted by molar-refractivity contribution is -0.0199. The summed E-state index contributed by atoms with van der Waals surface area (Å²) < 4.78 is 54.7. The summed E-state index contributed by atoms with van der Waals surface area (Å²) in [4.78, 5) is 0. The SMILES string of the molecule is COCCOCCOCCOCCOCCOCCOCCOc1c(C)c(COC)c(C)c(COC)c1C. The van der Waals surface area contributed by atoms with Crippen LogP contribution in [0.4, 0.5) is 0 Å². The number of benzene rings is 1. The van der Waals surface area contributed by atoms with Crippen LogP contribution < -0.4 is 4.74 Å². The van der Waals surface area contributed by atoms with Crippen LogP contribution in [-0.2, 0) is 55.8 Å². The maximum atomic E-state index is 6.11. The van der Waals surface area contributed by atoms with Gasteiger partial charge in [-0.25, -0.2) is 0 Å². The van der Waals surface area contributed by atoms with Crippen molar-refractivity contribution in [2.75, 3.05) is 114 Å². The van der Waals surface area contributed by atoms with Gasteiger partial charge in [0, 0.05) is 21.3 Å². The summed E-state index contributed by atoms with van der Waals surface area (Å²) in [6, 6.07) is 0. The van der Waals surface area contributed by atoms with Crippen LogP contribution in [0.1, 0.15) is 27.8 Å². The normalized spacial score (nSPS) is 11.4. The second-order valence-corrected chi connectivity index (χ2v) is 8.54. The molecule has 38 heavy (non-hydrogen) atoms. The van der Waals surface area contributed by atoms with Gasteiger partial charge >= 0.3 is 0 Å². The molecule has 0 fully saturated rings. The summed E-state index contributed by atoms with van der Waals surface area (Å²) in [5, 5.41) is 0. The molecular weight excluding hydrogens is 496 g/mol. The second-order valence-electron chi connectivity index (χ2n) is 8.54. The zero-order valence-electron chi connectivity index (χ0n) is 24.4. The van der Waals surface area contributed by atoms with Crippen molar-refractivity contribution in [2.24, 2.45) is 0 Å². The first kappa shape index (κ1) is 34.7. The van der Waals surface area contributed by atoms with E-state index in [1.54, 1.807) is 21.3 Å². The van der Waals surface area contributed by atoms with Gasteiger partial charge in [-0.3, -0.25) is 0 Å². The third-order valence-corrected chi connectivity index (χ3v) is 5.84. The molecule has 0 saturated carbocycles. The van der Waals surface area contributed by atoms with E-state index in [1.165, 1.54) is 5.56 Å². The Morgan fingerprint density at radius 2 is 0.684 bits per heavy atom. The molecule has 222 valence electrons.